The van der Waals surface area contributed by atoms with Gasteiger partial charge in [0.25, 0.3) is 0 Å². The lowest BCUT2D eigenvalue weighted by Gasteiger charge is -2.07. The molecule has 0 N–H and O–H groups in total. The van der Waals surface area contributed by atoms with Crippen LogP contribution in [0.2, 0.25) is 0 Å². The molecule has 0 aliphatic heterocycles. The van der Waals surface area contributed by atoms with Crippen molar-refractivity contribution in [2.24, 2.45) is 0 Å². The molecule has 0 aromatic carbocycles. The van der Waals surface area contributed by atoms with Gasteiger partial charge in [0.05, 0.1) is 0 Å². The molecular formula is C10H22IP. The van der Waals surface area contributed by atoms with E-state index < -0.39 is 0 Å². The molecule has 0 radical (unpaired) electrons. The van der Waals surface area contributed by atoms with Crippen LogP contribution in [-0.4, -0.2) is 12.3 Å². The Bertz CT molecular complexity index is 85.9. The fraction of sp³-hybridized carbons (Fsp3) is 1.00. The third kappa shape index (κ3) is 9.25. The second-order valence-electron chi connectivity index (χ2n) is 3.32. The van der Waals surface area contributed by atoms with Gasteiger partial charge in [0.1, 0.15) is 0 Å². The molecule has 0 aliphatic carbocycles. The van der Waals surface area contributed by atoms with E-state index in [4.69, 9.17) is 0 Å². The fourth-order valence-electron chi connectivity index (χ4n) is 1.24. The van der Waals surface area contributed by atoms with E-state index in [-0.39, 0.29) is 0 Å². The maximum atomic E-state index is 2.67. The lowest BCUT2D eigenvalue weighted by molar-refractivity contribution is 0.658. The highest BCUT2D eigenvalue weighted by Gasteiger charge is 2.00. The van der Waals surface area contributed by atoms with Gasteiger partial charge in [-0.25, -0.2) is 0 Å². The van der Waals surface area contributed by atoms with Crippen molar-refractivity contribution < 1.29 is 0 Å². The molecule has 1 atom stereocenters. The van der Waals surface area contributed by atoms with Crippen molar-refractivity contribution in [1.82, 2.24) is 0 Å². The standard InChI is InChI=1S/C10H22IP/c1-3-5-6-7-8-10-12(11)9-4-2/h3-10H2,1-2H3. The molecule has 2 heteroatoms. The minimum Gasteiger partial charge on any atom is -0.0654 e. The molecule has 0 rings (SSSR count). The summed E-state index contributed by atoms with van der Waals surface area (Å²) in [4.78, 5) is 0. The van der Waals surface area contributed by atoms with Crippen molar-refractivity contribution in [2.75, 3.05) is 12.3 Å². The molecule has 12 heavy (non-hydrogen) atoms. The van der Waals surface area contributed by atoms with Gasteiger partial charge in [0, 0.05) is 0 Å². The van der Waals surface area contributed by atoms with E-state index >= 15 is 0 Å². The third-order valence-corrected chi connectivity index (χ3v) is 6.60. The summed E-state index contributed by atoms with van der Waals surface area (Å²) in [6.07, 6.45) is 11.6. The summed E-state index contributed by atoms with van der Waals surface area (Å²) >= 11 is 2.67. The zero-order chi connectivity index (χ0) is 9.23. The van der Waals surface area contributed by atoms with Crippen molar-refractivity contribution in [3.05, 3.63) is 0 Å². The average Bonchev–Trinajstić information content (AvgIpc) is 2.05. The van der Waals surface area contributed by atoms with E-state index in [0.717, 1.165) is 0 Å². The fourth-order valence-corrected chi connectivity index (χ4v) is 4.99. The SMILES string of the molecule is CCCCCCCP(I)CCC. The minimum absolute atomic E-state index is 0.368. The summed E-state index contributed by atoms with van der Waals surface area (Å²) in [7, 11) is 0. The molecule has 0 aliphatic rings. The van der Waals surface area contributed by atoms with Crippen molar-refractivity contribution >= 4 is 27.6 Å². The van der Waals surface area contributed by atoms with Crippen LogP contribution in [0.1, 0.15) is 52.4 Å². The minimum atomic E-state index is 0.368. The second kappa shape index (κ2) is 10.2. The van der Waals surface area contributed by atoms with Gasteiger partial charge in [-0.1, -0.05) is 68.0 Å². The van der Waals surface area contributed by atoms with Gasteiger partial charge >= 0.3 is 0 Å². The van der Waals surface area contributed by atoms with E-state index in [1.165, 1.54) is 50.8 Å². The van der Waals surface area contributed by atoms with Gasteiger partial charge in [0.2, 0.25) is 0 Å². The Kier molecular flexibility index (Phi) is 11.2. The Labute approximate surface area is 92.1 Å². The lowest BCUT2D eigenvalue weighted by Crippen LogP contribution is -1.84. The number of unbranched alkanes of at least 4 members (excludes halogenated alkanes) is 4. The first-order chi connectivity index (χ1) is 5.81. The van der Waals surface area contributed by atoms with Gasteiger partial charge < -0.3 is 0 Å². The van der Waals surface area contributed by atoms with Gasteiger partial charge in [-0.05, 0) is 24.3 Å². The number of hydrogen-bond acceptors (Lipinski definition) is 0. The van der Waals surface area contributed by atoms with Crippen LogP contribution in [0.5, 0.6) is 0 Å². The monoisotopic (exact) mass is 300 g/mol. The average molecular weight is 300 g/mol. The maximum absolute atomic E-state index is 2.67. The molecule has 0 bridgehead atoms. The normalized spacial score (nSPS) is 13.2. The molecule has 74 valence electrons. The lowest BCUT2D eigenvalue weighted by atomic mass is 10.2. The van der Waals surface area contributed by atoms with Crippen LogP contribution in [0.25, 0.3) is 0 Å². The predicted molar refractivity (Wildman–Crippen MR) is 69.7 cm³/mol. The van der Waals surface area contributed by atoms with Crippen molar-refractivity contribution in [1.29, 1.82) is 0 Å². The smallest absolute Gasteiger partial charge is 0.0235 e. The quantitative estimate of drug-likeness (QED) is 0.328. The third-order valence-electron chi connectivity index (χ3n) is 1.97. The first-order valence-electron chi connectivity index (χ1n) is 5.22. The Morgan fingerprint density at radius 1 is 0.833 bits per heavy atom. The van der Waals surface area contributed by atoms with Crippen molar-refractivity contribution in [3.8, 4) is 0 Å². The summed E-state index contributed by atoms with van der Waals surface area (Å²) in [5.41, 5.74) is 0.368. The molecule has 0 heterocycles. The highest BCUT2D eigenvalue weighted by atomic mass is 127. The Hall–Kier alpha value is 1.16. The van der Waals surface area contributed by atoms with Gasteiger partial charge in [0.15, 0.2) is 0 Å². The first kappa shape index (κ1) is 13.2. The number of halogens is 1. The van der Waals surface area contributed by atoms with E-state index in [1.54, 1.807) is 0 Å². The van der Waals surface area contributed by atoms with E-state index in [9.17, 15) is 0 Å². The summed E-state index contributed by atoms with van der Waals surface area (Å²) in [5.74, 6) is 0. The van der Waals surface area contributed by atoms with E-state index in [2.05, 4.69) is 35.9 Å². The Morgan fingerprint density at radius 3 is 2.08 bits per heavy atom. The summed E-state index contributed by atoms with van der Waals surface area (Å²) in [5, 5.41) is 0. The molecule has 0 saturated heterocycles. The molecular weight excluding hydrogens is 278 g/mol. The molecule has 0 spiro atoms. The van der Waals surface area contributed by atoms with Gasteiger partial charge in [-0.2, -0.15) is 0 Å². The number of rotatable bonds is 8. The molecule has 0 nitrogen and oxygen atoms in total. The summed E-state index contributed by atoms with van der Waals surface area (Å²) in [6.45, 7) is 4.58. The van der Waals surface area contributed by atoms with Crippen LogP contribution in [0.15, 0.2) is 0 Å². The van der Waals surface area contributed by atoms with E-state index in [0.29, 0.717) is 5.56 Å². The molecule has 0 amide bonds. The van der Waals surface area contributed by atoms with Crippen LogP contribution in [-0.2, 0) is 0 Å². The van der Waals surface area contributed by atoms with Crippen LogP contribution in [0, 0.1) is 0 Å². The predicted octanol–water partition coefficient (Wildman–Crippen LogP) is 5.20. The zero-order valence-corrected chi connectivity index (χ0v) is 11.5. The summed E-state index contributed by atoms with van der Waals surface area (Å²) in [6, 6.07) is 0. The highest BCUT2D eigenvalue weighted by molar-refractivity contribution is 14.2. The Balaban J connectivity index is 2.97. The zero-order valence-electron chi connectivity index (χ0n) is 8.48. The van der Waals surface area contributed by atoms with E-state index in [1.807, 2.05) is 0 Å². The molecule has 0 aromatic heterocycles. The van der Waals surface area contributed by atoms with Crippen molar-refractivity contribution in [2.45, 2.75) is 52.4 Å². The number of hydrogen-bond donors (Lipinski definition) is 0. The second-order valence-corrected chi connectivity index (χ2v) is 9.24. The first-order valence-corrected chi connectivity index (χ1v) is 9.71. The molecule has 0 fully saturated rings. The highest BCUT2D eigenvalue weighted by Crippen LogP contribution is 2.46. The van der Waals surface area contributed by atoms with Crippen LogP contribution in [0.4, 0.5) is 0 Å². The molecule has 1 unspecified atom stereocenters. The molecule has 0 aromatic rings. The summed E-state index contributed by atoms with van der Waals surface area (Å²) < 4.78 is 0. The largest absolute Gasteiger partial charge is 0.0654 e. The van der Waals surface area contributed by atoms with Crippen LogP contribution in [0.3, 0.4) is 0 Å². The van der Waals surface area contributed by atoms with Crippen LogP contribution >= 0.6 is 27.6 Å². The Morgan fingerprint density at radius 2 is 1.50 bits per heavy atom. The van der Waals surface area contributed by atoms with Crippen LogP contribution < -0.4 is 0 Å². The van der Waals surface area contributed by atoms with Gasteiger partial charge in [-0.3, -0.25) is 0 Å². The topological polar surface area (TPSA) is 0 Å². The van der Waals surface area contributed by atoms with Crippen molar-refractivity contribution in [3.63, 3.8) is 0 Å². The van der Waals surface area contributed by atoms with Gasteiger partial charge in [-0.15, -0.1) is 0 Å². The maximum Gasteiger partial charge on any atom is -0.0235 e. The molecule has 0 saturated carbocycles.